The van der Waals surface area contributed by atoms with Crippen molar-refractivity contribution in [1.82, 2.24) is 10.3 Å². The molecule has 0 fully saturated rings. The van der Waals surface area contributed by atoms with Gasteiger partial charge in [-0.15, -0.1) is 0 Å². The fourth-order valence-corrected chi connectivity index (χ4v) is 1.42. The van der Waals surface area contributed by atoms with Gasteiger partial charge in [0.25, 0.3) is 0 Å². The molecule has 4 N–H and O–H groups in total. The summed E-state index contributed by atoms with van der Waals surface area (Å²) >= 11 is 0. The molecule has 1 aromatic heterocycles. The Kier molecular flexibility index (Phi) is 4.79. The van der Waals surface area contributed by atoms with E-state index in [0.29, 0.717) is 5.82 Å². The molecule has 0 saturated heterocycles. The van der Waals surface area contributed by atoms with E-state index in [2.05, 4.69) is 15.6 Å². The molecule has 0 saturated carbocycles. The van der Waals surface area contributed by atoms with Gasteiger partial charge < -0.3 is 16.4 Å². The third-order valence-corrected chi connectivity index (χ3v) is 2.20. The Morgan fingerprint density at radius 1 is 1.39 bits per heavy atom. The predicted molar refractivity (Wildman–Crippen MR) is 69.0 cm³/mol. The second-order valence-electron chi connectivity index (χ2n) is 4.23. The first-order valence-electron chi connectivity index (χ1n) is 5.67. The van der Waals surface area contributed by atoms with E-state index in [1.54, 1.807) is 13.0 Å². The highest BCUT2D eigenvalue weighted by Crippen LogP contribution is 2.08. The zero-order valence-electron chi connectivity index (χ0n) is 10.8. The van der Waals surface area contributed by atoms with Crippen molar-refractivity contribution in [2.75, 3.05) is 11.9 Å². The van der Waals surface area contributed by atoms with Crippen LogP contribution in [0.1, 0.15) is 18.2 Å². The van der Waals surface area contributed by atoms with Crippen molar-refractivity contribution in [3.05, 3.63) is 23.4 Å². The number of nitrogens with two attached hydrogens (primary N) is 1. The molecule has 1 rings (SSSR count). The average molecular weight is 250 g/mol. The SMILES string of the molecule is Cc1cc(C)nc(NC(=O)CNC(=O)[C@@H](C)N)c1. The van der Waals surface area contributed by atoms with E-state index >= 15 is 0 Å². The summed E-state index contributed by atoms with van der Waals surface area (Å²) in [5, 5.41) is 5.04. The standard InChI is InChI=1S/C12H18N4O2/c1-7-4-8(2)15-10(5-7)16-11(17)6-14-12(18)9(3)13/h4-5,9H,6,13H2,1-3H3,(H,14,18)(H,15,16,17)/t9-/m1/s1. The van der Waals surface area contributed by atoms with Gasteiger partial charge >= 0.3 is 0 Å². The number of nitrogens with one attached hydrogen (secondary N) is 2. The van der Waals surface area contributed by atoms with Gasteiger partial charge in [-0.1, -0.05) is 0 Å². The number of carbonyl (C=O) groups excluding carboxylic acids is 2. The summed E-state index contributed by atoms with van der Waals surface area (Å²) < 4.78 is 0. The van der Waals surface area contributed by atoms with Gasteiger partial charge in [-0.25, -0.2) is 4.98 Å². The number of anilines is 1. The first kappa shape index (κ1) is 14.1. The molecule has 98 valence electrons. The van der Waals surface area contributed by atoms with Crippen LogP contribution in [0.15, 0.2) is 12.1 Å². The third-order valence-electron chi connectivity index (χ3n) is 2.20. The molecule has 0 aliphatic carbocycles. The normalized spacial score (nSPS) is 11.8. The van der Waals surface area contributed by atoms with Crippen LogP contribution < -0.4 is 16.4 Å². The largest absolute Gasteiger partial charge is 0.346 e. The van der Waals surface area contributed by atoms with E-state index in [9.17, 15) is 9.59 Å². The van der Waals surface area contributed by atoms with Crippen molar-refractivity contribution < 1.29 is 9.59 Å². The fourth-order valence-electron chi connectivity index (χ4n) is 1.42. The maximum Gasteiger partial charge on any atom is 0.244 e. The number of hydrogen-bond acceptors (Lipinski definition) is 4. The van der Waals surface area contributed by atoms with Crippen molar-refractivity contribution in [1.29, 1.82) is 0 Å². The number of pyridine rings is 1. The van der Waals surface area contributed by atoms with Gasteiger partial charge in [0.2, 0.25) is 11.8 Å². The summed E-state index contributed by atoms with van der Waals surface area (Å²) in [4.78, 5) is 26.9. The number of aryl methyl sites for hydroxylation is 2. The molecular formula is C12H18N4O2. The second-order valence-corrected chi connectivity index (χ2v) is 4.23. The molecule has 18 heavy (non-hydrogen) atoms. The highest BCUT2D eigenvalue weighted by molar-refractivity contribution is 5.94. The van der Waals surface area contributed by atoms with Crippen molar-refractivity contribution in [2.45, 2.75) is 26.8 Å². The molecule has 1 heterocycles. The quantitative estimate of drug-likeness (QED) is 0.706. The summed E-state index contributed by atoms with van der Waals surface area (Å²) in [6.07, 6.45) is 0. The van der Waals surface area contributed by atoms with Gasteiger partial charge in [0.15, 0.2) is 0 Å². The molecule has 0 aliphatic heterocycles. The molecule has 6 nitrogen and oxygen atoms in total. The monoisotopic (exact) mass is 250 g/mol. The number of rotatable bonds is 4. The molecule has 1 aromatic rings. The van der Waals surface area contributed by atoms with Crippen LogP contribution in [-0.4, -0.2) is 29.4 Å². The Balaban J connectivity index is 2.52. The third kappa shape index (κ3) is 4.50. The summed E-state index contributed by atoms with van der Waals surface area (Å²) in [7, 11) is 0. The lowest BCUT2D eigenvalue weighted by molar-refractivity contribution is -0.124. The molecule has 0 bridgehead atoms. The van der Waals surface area contributed by atoms with Crippen LogP contribution in [0.5, 0.6) is 0 Å². The molecule has 1 atom stereocenters. The lowest BCUT2D eigenvalue weighted by Crippen LogP contribution is -2.41. The Labute approximate surface area is 106 Å². The molecule has 0 spiro atoms. The van der Waals surface area contributed by atoms with E-state index in [0.717, 1.165) is 11.3 Å². The highest BCUT2D eigenvalue weighted by Gasteiger charge is 2.09. The maximum absolute atomic E-state index is 11.6. The van der Waals surface area contributed by atoms with Crippen LogP contribution in [0.2, 0.25) is 0 Å². The lowest BCUT2D eigenvalue weighted by atomic mass is 10.2. The summed E-state index contributed by atoms with van der Waals surface area (Å²) in [5.74, 6) is -0.215. The maximum atomic E-state index is 11.6. The zero-order chi connectivity index (χ0) is 13.7. The Hall–Kier alpha value is -1.95. The van der Waals surface area contributed by atoms with Crippen LogP contribution in [0.25, 0.3) is 0 Å². The van der Waals surface area contributed by atoms with Crippen LogP contribution in [0.4, 0.5) is 5.82 Å². The summed E-state index contributed by atoms with van der Waals surface area (Å²) in [6, 6.07) is 3.04. The molecule has 0 unspecified atom stereocenters. The first-order valence-corrected chi connectivity index (χ1v) is 5.67. The molecule has 0 radical (unpaired) electrons. The highest BCUT2D eigenvalue weighted by atomic mass is 16.2. The second kappa shape index (κ2) is 6.11. The van der Waals surface area contributed by atoms with Crippen molar-refractivity contribution in [3.63, 3.8) is 0 Å². The van der Waals surface area contributed by atoms with Gasteiger partial charge in [0.05, 0.1) is 12.6 Å². The van der Waals surface area contributed by atoms with Crippen molar-refractivity contribution in [2.24, 2.45) is 5.73 Å². The number of nitrogens with zero attached hydrogens (tertiary/aromatic N) is 1. The Morgan fingerprint density at radius 2 is 2.06 bits per heavy atom. The van der Waals surface area contributed by atoms with E-state index in [1.165, 1.54) is 0 Å². The Bertz CT molecular complexity index is 437. The van der Waals surface area contributed by atoms with E-state index in [4.69, 9.17) is 5.73 Å². The smallest absolute Gasteiger partial charge is 0.244 e. The van der Waals surface area contributed by atoms with E-state index < -0.39 is 6.04 Å². The van der Waals surface area contributed by atoms with E-state index in [1.807, 2.05) is 19.9 Å². The van der Waals surface area contributed by atoms with Crippen LogP contribution >= 0.6 is 0 Å². The molecule has 0 aromatic carbocycles. The molecular weight excluding hydrogens is 232 g/mol. The number of aromatic nitrogens is 1. The Morgan fingerprint density at radius 3 is 2.61 bits per heavy atom. The average Bonchev–Trinajstić information content (AvgIpc) is 2.24. The van der Waals surface area contributed by atoms with Gasteiger partial charge in [-0.05, 0) is 38.5 Å². The number of amides is 2. The fraction of sp³-hybridized carbons (Fsp3) is 0.417. The lowest BCUT2D eigenvalue weighted by Gasteiger charge is -2.09. The van der Waals surface area contributed by atoms with Crippen molar-refractivity contribution >= 4 is 17.6 Å². The minimum absolute atomic E-state index is 0.116. The molecule has 2 amide bonds. The molecule has 6 heteroatoms. The minimum Gasteiger partial charge on any atom is -0.346 e. The molecule has 0 aliphatic rings. The predicted octanol–water partition coefficient (Wildman–Crippen LogP) is 0.100. The van der Waals surface area contributed by atoms with Gasteiger partial charge in [0, 0.05) is 5.69 Å². The first-order chi connectivity index (χ1) is 8.38. The minimum atomic E-state index is -0.628. The van der Waals surface area contributed by atoms with Crippen LogP contribution in [-0.2, 0) is 9.59 Å². The topological polar surface area (TPSA) is 97.1 Å². The summed E-state index contributed by atoms with van der Waals surface area (Å²) in [6.45, 7) is 5.20. The van der Waals surface area contributed by atoms with Crippen LogP contribution in [0.3, 0.4) is 0 Å². The summed E-state index contributed by atoms with van der Waals surface area (Å²) in [5.41, 5.74) is 7.19. The van der Waals surface area contributed by atoms with Gasteiger partial charge in [0.1, 0.15) is 5.82 Å². The number of carbonyl (C=O) groups is 2. The zero-order valence-corrected chi connectivity index (χ0v) is 10.8. The van der Waals surface area contributed by atoms with Crippen LogP contribution in [0, 0.1) is 13.8 Å². The number of hydrogen-bond donors (Lipinski definition) is 3. The van der Waals surface area contributed by atoms with Gasteiger partial charge in [-0.2, -0.15) is 0 Å². The van der Waals surface area contributed by atoms with Gasteiger partial charge in [-0.3, -0.25) is 9.59 Å². The van der Waals surface area contributed by atoms with Crippen molar-refractivity contribution in [3.8, 4) is 0 Å². The van der Waals surface area contributed by atoms with E-state index in [-0.39, 0.29) is 18.4 Å².